The molecule has 2 aliphatic rings. The Kier molecular flexibility index (Phi) is 9.05. The van der Waals surface area contributed by atoms with Gasteiger partial charge in [-0.15, -0.1) is 0 Å². The van der Waals surface area contributed by atoms with E-state index in [1.54, 1.807) is 12.2 Å². The monoisotopic (exact) mass is 388 g/mol. The van der Waals surface area contributed by atoms with Gasteiger partial charge in [0.1, 0.15) is 57.3 Å². The highest BCUT2D eigenvalue weighted by Crippen LogP contribution is 2.11. The van der Waals surface area contributed by atoms with Crippen molar-refractivity contribution in [3.05, 3.63) is 24.7 Å². The van der Waals surface area contributed by atoms with E-state index in [0.717, 1.165) is 0 Å². The molecule has 0 aromatic rings. The van der Waals surface area contributed by atoms with Crippen molar-refractivity contribution >= 4 is 11.9 Å². The summed E-state index contributed by atoms with van der Waals surface area (Å²) in [4.78, 5) is 23.2. The normalized spacial score (nSPS) is 22.7. The van der Waals surface area contributed by atoms with Crippen molar-refractivity contribution in [2.45, 2.75) is 12.2 Å². The molecule has 0 fully saturated rings. The highest BCUT2D eigenvalue weighted by Gasteiger charge is 2.23. The maximum Gasteiger partial charge on any atom is 0.316 e. The predicted molar refractivity (Wildman–Crippen MR) is 87.9 cm³/mol. The molecule has 0 saturated heterocycles. The van der Waals surface area contributed by atoms with E-state index in [0.29, 0.717) is 0 Å². The van der Waals surface area contributed by atoms with Gasteiger partial charge in [-0.05, 0) is 12.2 Å². The molecule has 152 valence electrons. The van der Waals surface area contributed by atoms with Crippen molar-refractivity contribution in [1.82, 2.24) is 0 Å². The molecule has 0 bridgehead atoms. The smallest absolute Gasteiger partial charge is 0.316 e. The number of aliphatic hydroxyl groups is 2. The average molecular weight is 388 g/mol. The SMILES string of the molecule is O=C(OCC(O)COCOCC(O)COC(=O)C1C=COC1)C1C=COC1. The molecule has 4 unspecified atom stereocenters. The topological polar surface area (TPSA) is 130 Å². The van der Waals surface area contributed by atoms with Crippen molar-refractivity contribution < 1.29 is 48.2 Å². The van der Waals surface area contributed by atoms with Gasteiger partial charge in [0.15, 0.2) is 0 Å². The van der Waals surface area contributed by atoms with E-state index in [-0.39, 0.29) is 46.4 Å². The largest absolute Gasteiger partial charge is 0.500 e. The molecule has 0 spiro atoms. The molecule has 2 aliphatic heterocycles. The van der Waals surface area contributed by atoms with Crippen molar-refractivity contribution in [1.29, 1.82) is 0 Å². The average Bonchev–Trinajstić information content (AvgIpc) is 3.37. The Hall–Kier alpha value is -2.14. The minimum Gasteiger partial charge on any atom is -0.500 e. The van der Waals surface area contributed by atoms with Gasteiger partial charge < -0.3 is 38.6 Å². The van der Waals surface area contributed by atoms with E-state index in [1.807, 2.05) is 0 Å². The number of rotatable bonds is 12. The van der Waals surface area contributed by atoms with Gasteiger partial charge in [-0.2, -0.15) is 0 Å². The molecular weight excluding hydrogens is 364 g/mol. The fourth-order valence-electron chi connectivity index (χ4n) is 2.12. The van der Waals surface area contributed by atoms with Crippen LogP contribution in [0.25, 0.3) is 0 Å². The third-order valence-corrected chi connectivity index (χ3v) is 3.59. The molecule has 2 rings (SSSR count). The molecule has 10 heteroatoms. The van der Waals surface area contributed by atoms with Crippen LogP contribution in [0, 0.1) is 11.8 Å². The first-order valence-electron chi connectivity index (χ1n) is 8.47. The summed E-state index contributed by atoms with van der Waals surface area (Å²) >= 11 is 0. The molecule has 0 aromatic carbocycles. The first-order chi connectivity index (χ1) is 13.1. The lowest BCUT2D eigenvalue weighted by Gasteiger charge is -2.15. The summed E-state index contributed by atoms with van der Waals surface area (Å²) in [5, 5.41) is 19.3. The Morgan fingerprint density at radius 3 is 1.67 bits per heavy atom. The van der Waals surface area contributed by atoms with Gasteiger partial charge >= 0.3 is 11.9 Å². The summed E-state index contributed by atoms with van der Waals surface area (Å²) in [5.41, 5.74) is 0. The third-order valence-electron chi connectivity index (χ3n) is 3.59. The van der Waals surface area contributed by atoms with Crippen LogP contribution in [0.3, 0.4) is 0 Å². The van der Waals surface area contributed by atoms with E-state index in [4.69, 9.17) is 28.4 Å². The number of carbonyl (C=O) groups is 2. The second kappa shape index (κ2) is 11.5. The summed E-state index contributed by atoms with van der Waals surface area (Å²) < 4.78 is 29.8. The van der Waals surface area contributed by atoms with Gasteiger partial charge in [-0.25, -0.2) is 0 Å². The van der Waals surface area contributed by atoms with Crippen LogP contribution >= 0.6 is 0 Å². The van der Waals surface area contributed by atoms with E-state index in [1.165, 1.54) is 12.5 Å². The lowest BCUT2D eigenvalue weighted by molar-refractivity contribution is -0.155. The first-order valence-corrected chi connectivity index (χ1v) is 8.47. The number of aliphatic hydroxyl groups excluding tert-OH is 2. The second-order valence-electron chi connectivity index (χ2n) is 5.96. The van der Waals surface area contributed by atoms with Crippen LogP contribution in [0.1, 0.15) is 0 Å². The van der Waals surface area contributed by atoms with Gasteiger partial charge in [0.2, 0.25) is 0 Å². The standard InChI is InChI=1S/C17H24O10/c18-14(9-26-16(20)12-1-3-22-5-12)7-24-11-25-8-15(19)10-27-17(21)13-2-4-23-6-13/h1-4,12-15,18-19H,5-11H2. The Morgan fingerprint density at radius 1 is 0.852 bits per heavy atom. The molecule has 27 heavy (non-hydrogen) atoms. The first kappa shape index (κ1) is 21.2. The fourth-order valence-corrected chi connectivity index (χ4v) is 2.12. The molecule has 0 aliphatic carbocycles. The molecule has 0 aromatic heterocycles. The van der Waals surface area contributed by atoms with E-state index in [2.05, 4.69) is 0 Å². The van der Waals surface area contributed by atoms with Gasteiger partial charge in [0.05, 0.1) is 25.7 Å². The van der Waals surface area contributed by atoms with Crippen LogP contribution < -0.4 is 0 Å². The lowest BCUT2D eigenvalue weighted by atomic mass is 10.2. The minimum atomic E-state index is -1.00. The minimum absolute atomic E-state index is 0.108. The van der Waals surface area contributed by atoms with Crippen LogP contribution in [0.2, 0.25) is 0 Å². The van der Waals surface area contributed by atoms with E-state index < -0.39 is 36.0 Å². The van der Waals surface area contributed by atoms with Crippen molar-refractivity contribution in [3.8, 4) is 0 Å². The summed E-state index contributed by atoms with van der Waals surface area (Å²) in [6, 6.07) is 0. The van der Waals surface area contributed by atoms with Crippen LogP contribution in [0.15, 0.2) is 24.7 Å². The Morgan fingerprint density at radius 2 is 1.30 bits per heavy atom. The molecule has 10 nitrogen and oxygen atoms in total. The molecule has 0 amide bonds. The maximum atomic E-state index is 11.6. The van der Waals surface area contributed by atoms with Crippen molar-refractivity contribution in [3.63, 3.8) is 0 Å². The summed E-state index contributed by atoms with van der Waals surface area (Å²) in [7, 11) is 0. The van der Waals surface area contributed by atoms with Crippen molar-refractivity contribution in [2.24, 2.45) is 11.8 Å². The number of carbonyl (C=O) groups excluding carboxylic acids is 2. The molecule has 2 heterocycles. The fraction of sp³-hybridized carbons (Fsp3) is 0.647. The number of hydrogen-bond acceptors (Lipinski definition) is 10. The summed E-state index contributed by atoms with van der Waals surface area (Å²) in [5.74, 6) is -1.85. The highest BCUT2D eigenvalue weighted by atomic mass is 16.7. The van der Waals surface area contributed by atoms with Gasteiger partial charge in [-0.1, -0.05) is 0 Å². The van der Waals surface area contributed by atoms with Crippen LogP contribution in [-0.4, -0.2) is 80.8 Å². The summed E-state index contributed by atoms with van der Waals surface area (Å²) in [6.07, 6.45) is 4.02. The second-order valence-corrected chi connectivity index (χ2v) is 5.96. The number of hydrogen-bond donors (Lipinski definition) is 2. The number of esters is 2. The van der Waals surface area contributed by atoms with E-state index >= 15 is 0 Å². The quantitative estimate of drug-likeness (QED) is 0.247. The molecule has 0 radical (unpaired) electrons. The van der Waals surface area contributed by atoms with E-state index in [9.17, 15) is 19.8 Å². The van der Waals surface area contributed by atoms with Gasteiger partial charge in [-0.3, -0.25) is 9.59 Å². The Balaban J connectivity index is 1.43. The molecule has 0 saturated carbocycles. The predicted octanol–water partition coefficient (Wildman–Crippen LogP) is -0.894. The third kappa shape index (κ3) is 7.95. The Bertz CT molecular complexity index is 486. The van der Waals surface area contributed by atoms with Crippen LogP contribution in [0.4, 0.5) is 0 Å². The van der Waals surface area contributed by atoms with Crippen molar-refractivity contribution in [2.75, 3.05) is 46.4 Å². The number of ether oxygens (including phenoxy) is 6. The molecule has 2 N–H and O–H groups in total. The van der Waals surface area contributed by atoms with Crippen LogP contribution in [-0.2, 0) is 38.0 Å². The van der Waals surface area contributed by atoms with Gasteiger partial charge in [0.25, 0.3) is 0 Å². The maximum absolute atomic E-state index is 11.6. The highest BCUT2D eigenvalue weighted by molar-refractivity contribution is 5.75. The lowest BCUT2D eigenvalue weighted by Crippen LogP contribution is -2.28. The zero-order chi connectivity index (χ0) is 19.5. The zero-order valence-corrected chi connectivity index (χ0v) is 14.7. The summed E-state index contributed by atoms with van der Waals surface area (Å²) in [6.45, 7) is -0.340. The zero-order valence-electron chi connectivity index (χ0n) is 14.7. The molecule has 4 atom stereocenters. The Labute approximate surface area is 156 Å². The molecular formula is C17H24O10. The van der Waals surface area contributed by atoms with Crippen LogP contribution in [0.5, 0.6) is 0 Å². The van der Waals surface area contributed by atoms with Gasteiger partial charge in [0, 0.05) is 0 Å².